The van der Waals surface area contributed by atoms with Crippen LogP contribution in [0.25, 0.3) is 11.5 Å². The van der Waals surface area contributed by atoms with Gasteiger partial charge >= 0.3 is 12.1 Å². The highest BCUT2D eigenvalue weighted by atomic mass is 79.9. The molecule has 0 unspecified atom stereocenters. The van der Waals surface area contributed by atoms with E-state index < -0.39 is 29.4 Å². The topological polar surface area (TPSA) is 111 Å². The molecule has 4 rings (SSSR count). The van der Waals surface area contributed by atoms with Gasteiger partial charge in [-0.05, 0) is 79.5 Å². The van der Waals surface area contributed by atoms with E-state index in [9.17, 15) is 27.6 Å². The van der Waals surface area contributed by atoms with Crippen molar-refractivity contribution in [1.82, 2.24) is 10.3 Å². The van der Waals surface area contributed by atoms with Gasteiger partial charge in [0.15, 0.2) is 5.69 Å². The Balaban J connectivity index is 1.27. The Morgan fingerprint density at radius 2 is 1.68 bits per heavy atom. The van der Waals surface area contributed by atoms with E-state index in [1.807, 2.05) is 12.1 Å². The van der Waals surface area contributed by atoms with E-state index in [2.05, 4.69) is 31.5 Å². The second kappa shape index (κ2) is 13.3. The highest BCUT2D eigenvalue weighted by molar-refractivity contribution is 9.10. The van der Waals surface area contributed by atoms with Gasteiger partial charge in [-0.15, -0.1) is 0 Å². The number of oxazole rings is 1. The quantitative estimate of drug-likeness (QED) is 0.253. The fourth-order valence-electron chi connectivity index (χ4n) is 4.84. The van der Waals surface area contributed by atoms with Crippen molar-refractivity contribution in [2.75, 3.05) is 19.0 Å². The molecular weight excluding hydrogens is 607 g/mol. The molecule has 1 aliphatic rings. The van der Waals surface area contributed by atoms with Crippen molar-refractivity contribution in [3.63, 3.8) is 0 Å². The lowest BCUT2D eigenvalue weighted by atomic mass is 9.77. The maximum atomic E-state index is 13.5. The molecule has 218 valence electrons. The molecule has 0 spiro atoms. The number of amides is 2. The molecule has 1 heterocycles. The predicted octanol–water partition coefficient (Wildman–Crippen LogP) is 6.72. The van der Waals surface area contributed by atoms with Crippen LogP contribution < -0.4 is 10.6 Å². The van der Waals surface area contributed by atoms with Gasteiger partial charge in [0.05, 0.1) is 7.11 Å². The van der Waals surface area contributed by atoms with Gasteiger partial charge < -0.3 is 19.8 Å². The molecule has 8 nitrogen and oxygen atoms in total. The van der Waals surface area contributed by atoms with Crippen LogP contribution >= 0.6 is 15.9 Å². The van der Waals surface area contributed by atoms with Crippen molar-refractivity contribution in [3.05, 3.63) is 70.0 Å². The maximum Gasteiger partial charge on any atom is 0.452 e. The third-order valence-corrected chi connectivity index (χ3v) is 7.55. The van der Waals surface area contributed by atoms with Gasteiger partial charge in [0.25, 0.3) is 5.91 Å². The first-order chi connectivity index (χ1) is 19.5. The number of nitrogens with one attached hydrogen (secondary N) is 2. The Morgan fingerprint density at radius 1 is 1.02 bits per heavy atom. The van der Waals surface area contributed by atoms with Crippen molar-refractivity contribution in [1.29, 1.82) is 0 Å². The first kappa shape index (κ1) is 30.3. The summed E-state index contributed by atoms with van der Waals surface area (Å²) in [7, 11) is 1.40. The van der Waals surface area contributed by atoms with Gasteiger partial charge in [-0.1, -0.05) is 28.1 Å². The molecule has 2 amide bonds. The number of hydrogen-bond donors (Lipinski definition) is 2. The number of anilines is 1. The smallest absolute Gasteiger partial charge is 0.452 e. The van der Waals surface area contributed by atoms with Gasteiger partial charge in [-0.25, -0.2) is 4.98 Å². The monoisotopic (exact) mass is 635 g/mol. The summed E-state index contributed by atoms with van der Waals surface area (Å²) >= 11 is 3.24. The van der Waals surface area contributed by atoms with E-state index in [1.165, 1.54) is 19.2 Å². The van der Waals surface area contributed by atoms with Crippen molar-refractivity contribution in [3.8, 4) is 11.5 Å². The third-order valence-electron chi connectivity index (χ3n) is 7.02. The summed E-state index contributed by atoms with van der Waals surface area (Å²) in [5, 5.41) is 5.04. The minimum Gasteiger partial charge on any atom is -0.469 e. The second-order valence-electron chi connectivity index (χ2n) is 9.88. The Bertz CT molecular complexity index is 1370. The molecule has 2 aromatic carbocycles. The standard InChI is InChI=1S/C29H29BrF3N3O5/c1-40-24(38)16-17-2-4-18(5-3-17)19-8-12-22(13-9-19)35-23(37)14-15-34-27(39)25-26(29(31,32)33)41-28(36-25)20-6-10-21(30)11-7-20/h6-13,17-18H,2-5,14-16H2,1H3,(H,34,39)(H,35,37). The molecule has 1 aliphatic carbocycles. The first-order valence-corrected chi connectivity index (χ1v) is 13.9. The fraction of sp³-hybridized carbons (Fsp3) is 0.379. The largest absolute Gasteiger partial charge is 0.469 e. The number of esters is 1. The van der Waals surface area contributed by atoms with Gasteiger partial charge in [-0.2, -0.15) is 13.2 Å². The van der Waals surface area contributed by atoms with Gasteiger partial charge in [-0.3, -0.25) is 14.4 Å². The molecule has 3 aromatic rings. The molecule has 0 saturated heterocycles. The van der Waals surface area contributed by atoms with E-state index >= 15 is 0 Å². The lowest BCUT2D eigenvalue weighted by molar-refractivity contribution is -0.153. The summed E-state index contributed by atoms with van der Waals surface area (Å²) in [6.45, 7) is -0.199. The lowest BCUT2D eigenvalue weighted by Gasteiger charge is -2.28. The lowest BCUT2D eigenvalue weighted by Crippen LogP contribution is -2.29. The zero-order valence-electron chi connectivity index (χ0n) is 22.2. The Labute approximate surface area is 243 Å². The molecule has 1 aromatic heterocycles. The minimum atomic E-state index is -4.93. The molecule has 1 fully saturated rings. The number of halogens is 4. The second-order valence-corrected chi connectivity index (χ2v) is 10.8. The SMILES string of the molecule is COC(=O)CC1CCC(c2ccc(NC(=O)CCNC(=O)c3nc(-c4ccc(Br)cc4)oc3C(F)(F)F)cc2)CC1. The number of benzene rings is 2. The van der Waals surface area contributed by atoms with Crippen LogP contribution in [0.2, 0.25) is 0 Å². The molecule has 1 saturated carbocycles. The van der Waals surface area contributed by atoms with Crippen LogP contribution in [0.3, 0.4) is 0 Å². The highest BCUT2D eigenvalue weighted by Crippen LogP contribution is 2.38. The zero-order valence-corrected chi connectivity index (χ0v) is 23.8. The van der Waals surface area contributed by atoms with Crippen LogP contribution in [0, 0.1) is 5.92 Å². The number of methoxy groups -OCH3 is 1. The number of nitrogens with zero attached hydrogens (tertiary/aromatic N) is 1. The number of hydrogen-bond acceptors (Lipinski definition) is 6. The van der Waals surface area contributed by atoms with Crippen LogP contribution in [0.5, 0.6) is 0 Å². The summed E-state index contributed by atoms with van der Waals surface area (Å²) < 4.78 is 50.9. The number of carbonyl (C=O) groups is 3. The molecule has 0 radical (unpaired) electrons. The summed E-state index contributed by atoms with van der Waals surface area (Å²) in [6, 6.07) is 13.7. The summed E-state index contributed by atoms with van der Waals surface area (Å²) in [6.07, 6.45) is -0.791. The van der Waals surface area contributed by atoms with Crippen molar-refractivity contribution in [2.45, 2.75) is 50.6 Å². The molecule has 2 N–H and O–H groups in total. The van der Waals surface area contributed by atoms with Crippen molar-refractivity contribution >= 4 is 39.4 Å². The zero-order chi connectivity index (χ0) is 29.6. The van der Waals surface area contributed by atoms with E-state index in [1.54, 1.807) is 24.3 Å². The summed E-state index contributed by atoms with van der Waals surface area (Å²) in [4.78, 5) is 40.2. The van der Waals surface area contributed by atoms with E-state index in [4.69, 9.17) is 9.15 Å². The molecule has 0 aliphatic heterocycles. The van der Waals surface area contributed by atoms with Crippen LogP contribution in [-0.2, 0) is 20.5 Å². The Kier molecular flexibility index (Phi) is 9.85. The summed E-state index contributed by atoms with van der Waals surface area (Å²) in [5.74, 6) is -2.80. The average molecular weight is 636 g/mol. The number of alkyl halides is 3. The van der Waals surface area contributed by atoms with E-state index in [0.717, 1.165) is 31.2 Å². The van der Waals surface area contributed by atoms with Crippen molar-refractivity contribution < 1.29 is 36.7 Å². The predicted molar refractivity (Wildman–Crippen MR) is 148 cm³/mol. The van der Waals surface area contributed by atoms with Crippen LogP contribution in [0.15, 0.2) is 57.4 Å². The van der Waals surface area contributed by atoms with Crippen LogP contribution in [0.4, 0.5) is 18.9 Å². The highest BCUT2D eigenvalue weighted by Gasteiger charge is 2.42. The Morgan fingerprint density at radius 3 is 2.29 bits per heavy atom. The molecule has 0 bridgehead atoms. The van der Waals surface area contributed by atoms with E-state index in [0.29, 0.717) is 28.4 Å². The van der Waals surface area contributed by atoms with Gasteiger partial charge in [0.2, 0.25) is 17.6 Å². The van der Waals surface area contributed by atoms with Gasteiger partial charge in [0.1, 0.15) is 0 Å². The average Bonchev–Trinajstić information content (AvgIpc) is 3.41. The van der Waals surface area contributed by atoms with E-state index in [-0.39, 0.29) is 30.4 Å². The van der Waals surface area contributed by atoms with Crippen LogP contribution in [-0.4, -0.2) is 36.4 Å². The number of carbonyl (C=O) groups excluding carboxylic acids is 3. The number of aromatic nitrogens is 1. The fourth-order valence-corrected chi connectivity index (χ4v) is 5.10. The molecule has 41 heavy (non-hydrogen) atoms. The Hall–Kier alpha value is -3.67. The van der Waals surface area contributed by atoms with Crippen molar-refractivity contribution in [2.24, 2.45) is 5.92 Å². The molecular formula is C29H29BrF3N3O5. The minimum absolute atomic E-state index is 0.156. The first-order valence-electron chi connectivity index (χ1n) is 13.1. The number of ether oxygens (including phenoxy) is 1. The molecule has 12 heteroatoms. The third kappa shape index (κ3) is 8.18. The maximum absolute atomic E-state index is 13.5. The molecule has 0 atom stereocenters. The van der Waals surface area contributed by atoms with Gasteiger partial charge in [0, 0.05) is 35.1 Å². The summed E-state index contributed by atoms with van der Waals surface area (Å²) in [5.41, 5.74) is 1.10. The normalized spacial score (nSPS) is 17.1. The van der Waals surface area contributed by atoms with Crippen LogP contribution in [0.1, 0.15) is 66.3 Å². The number of rotatable bonds is 9.